The number of Topliss-reactive ketones (excluding diaryl/α,β-unsaturated/α-hetero) is 1. The SMILES string of the molecule is COC(=O)C1CC=C(CC/C=C(\C)CCC=C(C)C)CC1C(C)=O. The fourth-order valence-electron chi connectivity index (χ4n) is 3.20. The van der Waals surface area contributed by atoms with E-state index in [1.807, 2.05) is 0 Å². The molecule has 3 nitrogen and oxygen atoms in total. The highest BCUT2D eigenvalue weighted by molar-refractivity contribution is 5.85. The van der Waals surface area contributed by atoms with Gasteiger partial charge in [0.15, 0.2) is 0 Å². The van der Waals surface area contributed by atoms with Crippen LogP contribution >= 0.6 is 0 Å². The maximum Gasteiger partial charge on any atom is 0.309 e. The van der Waals surface area contributed by atoms with Crippen LogP contribution in [0.1, 0.15) is 66.2 Å². The molecular weight excluding hydrogens is 300 g/mol. The molecule has 2 atom stereocenters. The Morgan fingerprint density at radius 3 is 2.42 bits per heavy atom. The maximum absolute atomic E-state index is 11.9. The van der Waals surface area contributed by atoms with Crippen molar-refractivity contribution in [2.45, 2.75) is 66.2 Å². The van der Waals surface area contributed by atoms with Gasteiger partial charge in [-0.15, -0.1) is 0 Å². The first kappa shape index (κ1) is 20.4. The van der Waals surface area contributed by atoms with Gasteiger partial charge in [0.25, 0.3) is 0 Å². The minimum absolute atomic E-state index is 0.0874. The van der Waals surface area contributed by atoms with E-state index in [1.165, 1.54) is 23.8 Å². The van der Waals surface area contributed by atoms with Crippen LogP contribution in [0.15, 0.2) is 34.9 Å². The van der Waals surface area contributed by atoms with Crippen LogP contribution in [-0.2, 0) is 14.3 Å². The van der Waals surface area contributed by atoms with Crippen LogP contribution in [0.4, 0.5) is 0 Å². The summed E-state index contributed by atoms with van der Waals surface area (Å²) in [6.45, 7) is 8.01. The number of esters is 1. The molecule has 3 heteroatoms. The molecule has 0 spiro atoms. The first-order valence-corrected chi connectivity index (χ1v) is 8.90. The van der Waals surface area contributed by atoms with Gasteiger partial charge in [-0.1, -0.05) is 34.9 Å². The van der Waals surface area contributed by atoms with Crippen molar-refractivity contribution >= 4 is 11.8 Å². The fraction of sp³-hybridized carbons (Fsp3) is 0.619. The Bertz CT molecular complexity index is 533. The Labute approximate surface area is 146 Å². The van der Waals surface area contributed by atoms with E-state index < -0.39 is 0 Å². The molecule has 0 bridgehead atoms. The van der Waals surface area contributed by atoms with Gasteiger partial charge >= 0.3 is 5.97 Å². The molecule has 0 heterocycles. The Kier molecular flexibility index (Phi) is 8.73. The second kappa shape index (κ2) is 10.3. The molecule has 134 valence electrons. The molecule has 1 rings (SSSR count). The van der Waals surface area contributed by atoms with E-state index in [1.54, 1.807) is 6.92 Å². The summed E-state index contributed by atoms with van der Waals surface area (Å²) < 4.78 is 4.84. The highest BCUT2D eigenvalue weighted by Gasteiger charge is 2.34. The predicted molar refractivity (Wildman–Crippen MR) is 98.7 cm³/mol. The van der Waals surface area contributed by atoms with Crippen LogP contribution in [0.2, 0.25) is 0 Å². The summed E-state index contributed by atoms with van der Waals surface area (Å²) in [5.41, 5.74) is 4.08. The molecule has 0 saturated carbocycles. The van der Waals surface area contributed by atoms with E-state index >= 15 is 0 Å². The van der Waals surface area contributed by atoms with E-state index in [2.05, 4.69) is 39.0 Å². The van der Waals surface area contributed by atoms with Gasteiger partial charge in [0.2, 0.25) is 0 Å². The van der Waals surface area contributed by atoms with Crippen molar-refractivity contribution in [3.63, 3.8) is 0 Å². The lowest BCUT2D eigenvalue weighted by Crippen LogP contribution is -2.32. The van der Waals surface area contributed by atoms with Gasteiger partial charge in [-0.05, 0) is 66.2 Å². The lowest BCUT2D eigenvalue weighted by molar-refractivity contribution is -0.149. The Hall–Kier alpha value is -1.64. The van der Waals surface area contributed by atoms with Crippen molar-refractivity contribution in [1.29, 1.82) is 0 Å². The summed E-state index contributed by atoms with van der Waals surface area (Å²) in [5, 5.41) is 0. The van der Waals surface area contributed by atoms with Gasteiger partial charge < -0.3 is 4.74 Å². The topological polar surface area (TPSA) is 43.4 Å². The summed E-state index contributed by atoms with van der Waals surface area (Å²) in [5.74, 6) is -0.706. The monoisotopic (exact) mass is 332 g/mol. The quantitative estimate of drug-likeness (QED) is 0.455. The Balaban J connectivity index is 2.54. The van der Waals surface area contributed by atoms with Gasteiger partial charge in [-0.2, -0.15) is 0 Å². The van der Waals surface area contributed by atoms with Crippen molar-refractivity contribution in [2.75, 3.05) is 7.11 Å². The third-order valence-corrected chi connectivity index (χ3v) is 4.70. The second-order valence-electron chi connectivity index (χ2n) is 7.06. The number of ketones is 1. The Morgan fingerprint density at radius 1 is 1.12 bits per heavy atom. The molecule has 2 unspecified atom stereocenters. The molecule has 0 amide bonds. The summed E-state index contributed by atoms with van der Waals surface area (Å²) in [6.07, 6.45) is 12.2. The number of carbonyl (C=O) groups is 2. The zero-order valence-corrected chi connectivity index (χ0v) is 15.9. The molecule has 0 aromatic heterocycles. The van der Waals surface area contributed by atoms with Crippen molar-refractivity contribution < 1.29 is 14.3 Å². The van der Waals surface area contributed by atoms with Gasteiger partial charge in [0.05, 0.1) is 13.0 Å². The smallest absolute Gasteiger partial charge is 0.309 e. The molecule has 0 fully saturated rings. The summed E-state index contributed by atoms with van der Waals surface area (Å²) in [7, 11) is 1.39. The molecule has 24 heavy (non-hydrogen) atoms. The lowest BCUT2D eigenvalue weighted by Gasteiger charge is -2.27. The van der Waals surface area contributed by atoms with E-state index in [4.69, 9.17) is 4.74 Å². The molecule has 1 aliphatic carbocycles. The molecule has 1 aliphatic rings. The van der Waals surface area contributed by atoms with E-state index in [-0.39, 0.29) is 23.6 Å². The van der Waals surface area contributed by atoms with E-state index in [0.29, 0.717) is 12.8 Å². The first-order chi connectivity index (χ1) is 11.3. The van der Waals surface area contributed by atoms with Crippen LogP contribution in [0.5, 0.6) is 0 Å². The van der Waals surface area contributed by atoms with Crippen molar-refractivity contribution in [3.05, 3.63) is 34.9 Å². The minimum Gasteiger partial charge on any atom is -0.469 e. The molecule has 0 radical (unpaired) electrons. The van der Waals surface area contributed by atoms with E-state index in [9.17, 15) is 9.59 Å². The first-order valence-electron chi connectivity index (χ1n) is 8.90. The van der Waals surface area contributed by atoms with Crippen LogP contribution < -0.4 is 0 Å². The third kappa shape index (κ3) is 6.86. The Morgan fingerprint density at radius 2 is 1.83 bits per heavy atom. The summed E-state index contributed by atoms with van der Waals surface area (Å²) in [6, 6.07) is 0. The summed E-state index contributed by atoms with van der Waals surface area (Å²) in [4.78, 5) is 23.7. The number of allylic oxidation sites excluding steroid dienone is 6. The average molecular weight is 332 g/mol. The number of methoxy groups -OCH3 is 1. The molecule has 0 aromatic carbocycles. The van der Waals surface area contributed by atoms with Crippen LogP contribution in [-0.4, -0.2) is 18.9 Å². The molecule has 0 N–H and O–H groups in total. The van der Waals surface area contributed by atoms with Crippen molar-refractivity contribution in [1.82, 2.24) is 0 Å². The van der Waals surface area contributed by atoms with Gasteiger partial charge in [0.1, 0.15) is 5.78 Å². The normalized spacial score (nSPS) is 21.0. The molecule has 0 saturated heterocycles. The molecular formula is C21H32O3. The standard InChI is InChI=1S/C21H32O3/c1-15(2)8-6-9-16(3)10-7-11-18-12-13-19(21(23)24-5)20(14-18)17(4)22/h8,10,12,19-20H,6-7,9,11,13-14H2,1-5H3/b16-10+. The summed E-state index contributed by atoms with van der Waals surface area (Å²) >= 11 is 0. The molecule has 0 aromatic rings. The van der Waals surface area contributed by atoms with Gasteiger partial charge in [-0.3, -0.25) is 9.59 Å². The zero-order valence-electron chi connectivity index (χ0n) is 15.9. The maximum atomic E-state index is 11.9. The average Bonchev–Trinajstić information content (AvgIpc) is 2.53. The minimum atomic E-state index is -0.308. The zero-order chi connectivity index (χ0) is 18.1. The van der Waals surface area contributed by atoms with Crippen LogP contribution in [0.3, 0.4) is 0 Å². The van der Waals surface area contributed by atoms with Gasteiger partial charge in [-0.25, -0.2) is 0 Å². The van der Waals surface area contributed by atoms with Gasteiger partial charge in [0, 0.05) is 5.92 Å². The van der Waals surface area contributed by atoms with Crippen LogP contribution in [0.25, 0.3) is 0 Å². The molecule has 0 aliphatic heterocycles. The number of rotatable bonds is 8. The second-order valence-corrected chi connectivity index (χ2v) is 7.06. The number of hydrogen-bond donors (Lipinski definition) is 0. The van der Waals surface area contributed by atoms with Crippen molar-refractivity contribution in [3.8, 4) is 0 Å². The number of hydrogen-bond acceptors (Lipinski definition) is 3. The van der Waals surface area contributed by atoms with E-state index in [0.717, 1.165) is 25.7 Å². The fourth-order valence-corrected chi connectivity index (χ4v) is 3.20. The third-order valence-electron chi connectivity index (χ3n) is 4.70. The number of ether oxygens (including phenoxy) is 1. The lowest BCUT2D eigenvalue weighted by atomic mass is 9.76. The number of carbonyl (C=O) groups excluding carboxylic acids is 2. The highest BCUT2D eigenvalue weighted by atomic mass is 16.5. The van der Waals surface area contributed by atoms with Crippen LogP contribution in [0, 0.1) is 11.8 Å². The predicted octanol–water partition coefficient (Wildman–Crippen LogP) is 5.17. The van der Waals surface area contributed by atoms with Crippen molar-refractivity contribution in [2.24, 2.45) is 11.8 Å². The largest absolute Gasteiger partial charge is 0.469 e. The highest BCUT2D eigenvalue weighted by Crippen LogP contribution is 2.33.